The number of hydrogen-bond acceptors (Lipinski definition) is 4. The minimum Gasteiger partial charge on any atom is -0.491 e. The average molecular weight is 277 g/mol. The second-order valence-corrected chi connectivity index (χ2v) is 5.03. The van der Waals surface area contributed by atoms with Crippen LogP contribution in [0.1, 0.15) is 13.8 Å². The fraction of sp³-hybridized carbons (Fsp3) is 0.400. The van der Waals surface area contributed by atoms with Crippen molar-refractivity contribution in [2.45, 2.75) is 32.6 Å². The number of benzene rings is 1. The standard InChI is InChI=1S/C15H19NO4/c1-10(2)20-13-3-4-14-11(7-13)5-6-16(15(14)19)8-12(18)9-17/h3-7,10,12,17-18H,8-9H2,1-2H3. The number of aliphatic hydroxyl groups excluding tert-OH is 2. The van der Waals surface area contributed by atoms with Crippen LogP contribution < -0.4 is 10.3 Å². The van der Waals surface area contributed by atoms with E-state index in [9.17, 15) is 9.90 Å². The first-order valence-electron chi connectivity index (χ1n) is 6.60. The molecule has 0 spiro atoms. The van der Waals surface area contributed by atoms with Crippen LogP contribution in [0.3, 0.4) is 0 Å². The molecular weight excluding hydrogens is 258 g/mol. The fourth-order valence-corrected chi connectivity index (χ4v) is 2.04. The highest BCUT2D eigenvalue weighted by Gasteiger charge is 2.08. The van der Waals surface area contributed by atoms with E-state index in [4.69, 9.17) is 9.84 Å². The molecule has 0 aliphatic rings. The molecule has 0 aliphatic carbocycles. The molecule has 0 saturated carbocycles. The summed E-state index contributed by atoms with van der Waals surface area (Å²) in [4.78, 5) is 12.2. The van der Waals surface area contributed by atoms with Crippen LogP contribution in [0.15, 0.2) is 35.3 Å². The van der Waals surface area contributed by atoms with Gasteiger partial charge in [-0.25, -0.2) is 0 Å². The first kappa shape index (κ1) is 14.6. The van der Waals surface area contributed by atoms with Gasteiger partial charge in [-0.3, -0.25) is 4.79 Å². The lowest BCUT2D eigenvalue weighted by atomic mass is 10.1. The van der Waals surface area contributed by atoms with E-state index in [1.165, 1.54) is 4.57 Å². The predicted molar refractivity (Wildman–Crippen MR) is 77.1 cm³/mol. The van der Waals surface area contributed by atoms with Crippen molar-refractivity contribution in [1.29, 1.82) is 0 Å². The van der Waals surface area contributed by atoms with E-state index in [1.807, 2.05) is 19.9 Å². The zero-order valence-corrected chi connectivity index (χ0v) is 11.6. The zero-order valence-electron chi connectivity index (χ0n) is 11.6. The quantitative estimate of drug-likeness (QED) is 0.859. The lowest BCUT2D eigenvalue weighted by Crippen LogP contribution is -2.28. The van der Waals surface area contributed by atoms with E-state index in [2.05, 4.69) is 0 Å². The van der Waals surface area contributed by atoms with Crippen molar-refractivity contribution in [3.63, 3.8) is 0 Å². The molecule has 1 aromatic carbocycles. The fourth-order valence-electron chi connectivity index (χ4n) is 2.04. The normalized spacial score (nSPS) is 12.8. The van der Waals surface area contributed by atoms with Gasteiger partial charge in [-0.1, -0.05) is 0 Å². The maximum atomic E-state index is 12.2. The smallest absolute Gasteiger partial charge is 0.258 e. The number of hydrogen-bond donors (Lipinski definition) is 2. The van der Waals surface area contributed by atoms with Crippen LogP contribution in [0.5, 0.6) is 5.75 Å². The molecule has 1 atom stereocenters. The topological polar surface area (TPSA) is 71.7 Å². The molecule has 0 fully saturated rings. The zero-order chi connectivity index (χ0) is 14.7. The van der Waals surface area contributed by atoms with Gasteiger partial charge < -0.3 is 19.5 Å². The predicted octanol–water partition coefficient (Wildman–Crippen LogP) is 1.14. The highest BCUT2D eigenvalue weighted by atomic mass is 16.5. The van der Waals surface area contributed by atoms with Gasteiger partial charge in [-0.15, -0.1) is 0 Å². The summed E-state index contributed by atoms with van der Waals surface area (Å²) >= 11 is 0. The second kappa shape index (κ2) is 6.07. The molecule has 2 N–H and O–H groups in total. The van der Waals surface area contributed by atoms with E-state index in [-0.39, 0.29) is 24.8 Å². The van der Waals surface area contributed by atoms with E-state index in [0.717, 1.165) is 11.1 Å². The highest BCUT2D eigenvalue weighted by Crippen LogP contribution is 2.19. The minimum atomic E-state index is -0.936. The van der Waals surface area contributed by atoms with Gasteiger partial charge in [0.15, 0.2) is 0 Å². The Morgan fingerprint density at radius 1 is 1.30 bits per heavy atom. The molecule has 5 heteroatoms. The number of fused-ring (bicyclic) bond motifs is 1. The third kappa shape index (κ3) is 3.18. The van der Waals surface area contributed by atoms with Crippen LogP contribution in [-0.4, -0.2) is 33.6 Å². The van der Waals surface area contributed by atoms with Gasteiger partial charge in [0.05, 0.1) is 25.4 Å². The first-order valence-corrected chi connectivity index (χ1v) is 6.60. The van der Waals surface area contributed by atoms with Crippen LogP contribution in [0.4, 0.5) is 0 Å². The number of ether oxygens (including phenoxy) is 1. The van der Waals surface area contributed by atoms with E-state index < -0.39 is 6.10 Å². The summed E-state index contributed by atoms with van der Waals surface area (Å²) in [6, 6.07) is 7.10. The number of nitrogens with zero attached hydrogens (tertiary/aromatic N) is 1. The minimum absolute atomic E-state index is 0.0764. The lowest BCUT2D eigenvalue weighted by Gasteiger charge is -2.12. The molecule has 0 saturated heterocycles. The molecule has 1 heterocycles. The summed E-state index contributed by atoms with van der Waals surface area (Å²) in [5.74, 6) is 0.722. The first-order chi connectivity index (χ1) is 9.51. The Morgan fingerprint density at radius 2 is 2.05 bits per heavy atom. The van der Waals surface area contributed by atoms with Crippen LogP contribution >= 0.6 is 0 Å². The SMILES string of the molecule is CC(C)Oc1ccc2c(=O)n(CC(O)CO)ccc2c1. The molecule has 2 rings (SSSR count). The molecule has 0 amide bonds. The van der Waals surface area contributed by atoms with Crippen molar-refractivity contribution in [2.75, 3.05) is 6.61 Å². The van der Waals surface area contributed by atoms with Crippen molar-refractivity contribution in [2.24, 2.45) is 0 Å². The van der Waals surface area contributed by atoms with Crippen LogP contribution in [0.2, 0.25) is 0 Å². The van der Waals surface area contributed by atoms with Gasteiger partial charge in [0, 0.05) is 11.6 Å². The summed E-state index contributed by atoms with van der Waals surface area (Å²) in [5, 5.41) is 19.6. The van der Waals surface area contributed by atoms with Crippen LogP contribution in [-0.2, 0) is 6.54 Å². The van der Waals surface area contributed by atoms with Crippen molar-refractivity contribution in [3.8, 4) is 5.75 Å². The third-order valence-corrected chi connectivity index (χ3v) is 2.94. The van der Waals surface area contributed by atoms with E-state index in [0.29, 0.717) is 5.39 Å². The lowest BCUT2D eigenvalue weighted by molar-refractivity contribution is 0.0805. The summed E-state index contributed by atoms with van der Waals surface area (Å²) in [6.45, 7) is 3.60. The number of aromatic nitrogens is 1. The Kier molecular flexibility index (Phi) is 4.42. The van der Waals surface area contributed by atoms with Gasteiger partial charge in [0.2, 0.25) is 0 Å². The number of pyridine rings is 1. The van der Waals surface area contributed by atoms with Gasteiger partial charge in [0.1, 0.15) is 5.75 Å². The van der Waals surface area contributed by atoms with Crippen molar-refractivity contribution < 1.29 is 14.9 Å². The van der Waals surface area contributed by atoms with Gasteiger partial charge >= 0.3 is 0 Å². The Labute approximate surface area is 117 Å². The van der Waals surface area contributed by atoms with Crippen molar-refractivity contribution >= 4 is 10.8 Å². The Balaban J connectivity index is 2.39. The monoisotopic (exact) mass is 277 g/mol. The highest BCUT2D eigenvalue weighted by molar-refractivity contribution is 5.82. The number of rotatable bonds is 5. The van der Waals surface area contributed by atoms with Crippen molar-refractivity contribution in [3.05, 3.63) is 40.8 Å². The average Bonchev–Trinajstić information content (AvgIpc) is 2.41. The van der Waals surface area contributed by atoms with Crippen LogP contribution in [0, 0.1) is 0 Å². The Bertz CT molecular complexity index is 648. The molecule has 20 heavy (non-hydrogen) atoms. The van der Waals surface area contributed by atoms with Crippen molar-refractivity contribution in [1.82, 2.24) is 4.57 Å². The van der Waals surface area contributed by atoms with Gasteiger partial charge in [-0.2, -0.15) is 0 Å². The molecule has 108 valence electrons. The molecule has 0 radical (unpaired) electrons. The second-order valence-electron chi connectivity index (χ2n) is 5.03. The summed E-state index contributed by atoms with van der Waals surface area (Å²) in [6.07, 6.45) is 0.754. The Hall–Kier alpha value is -1.85. The summed E-state index contributed by atoms with van der Waals surface area (Å²) in [5.41, 5.74) is -0.189. The van der Waals surface area contributed by atoms with Gasteiger partial charge in [0.25, 0.3) is 5.56 Å². The largest absolute Gasteiger partial charge is 0.491 e. The molecule has 5 nitrogen and oxygen atoms in total. The molecule has 1 unspecified atom stereocenters. The Morgan fingerprint density at radius 3 is 2.70 bits per heavy atom. The maximum Gasteiger partial charge on any atom is 0.258 e. The third-order valence-electron chi connectivity index (χ3n) is 2.94. The molecule has 1 aromatic heterocycles. The molecule has 0 aliphatic heterocycles. The maximum absolute atomic E-state index is 12.2. The summed E-state index contributed by atoms with van der Waals surface area (Å²) < 4.78 is 6.99. The molecular formula is C15H19NO4. The molecule has 0 bridgehead atoms. The van der Waals surface area contributed by atoms with Crippen LogP contribution in [0.25, 0.3) is 10.8 Å². The molecule has 2 aromatic rings. The summed E-state index contributed by atoms with van der Waals surface area (Å²) in [7, 11) is 0. The van der Waals surface area contributed by atoms with E-state index in [1.54, 1.807) is 24.4 Å². The number of aliphatic hydroxyl groups is 2. The van der Waals surface area contributed by atoms with E-state index >= 15 is 0 Å². The van der Waals surface area contributed by atoms with Gasteiger partial charge in [-0.05, 0) is 43.5 Å².